The molecule has 0 aliphatic rings. The van der Waals surface area contributed by atoms with Gasteiger partial charge in [0.2, 0.25) is 6.29 Å². The zero-order valence-electron chi connectivity index (χ0n) is 20.8. The topological polar surface area (TPSA) is 89.5 Å². The highest BCUT2D eigenvalue weighted by Gasteiger charge is 2.20. The van der Waals surface area contributed by atoms with Crippen molar-refractivity contribution in [3.63, 3.8) is 0 Å². The van der Waals surface area contributed by atoms with Crippen LogP contribution in [-0.2, 0) is 41.9 Å². The van der Waals surface area contributed by atoms with E-state index in [-0.39, 0.29) is 13.0 Å². The molecule has 192 valence electrons. The molecule has 0 saturated heterocycles. The molecule has 35 heavy (non-hydrogen) atoms. The van der Waals surface area contributed by atoms with Crippen molar-refractivity contribution in [3.05, 3.63) is 70.8 Å². The summed E-state index contributed by atoms with van der Waals surface area (Å²) >= 11 is 0. The van der Waals surface area contributed by atoms with E-state index in [0.717, 1.165) is 43.4 Å². The number of carbonyl (C=O) groups is 2. The lowest BCUT2D eigenvalue weighted by atomic mass is 10.1. The third kappa shape index (κ3) is 11.0. The Hall–Kier alpha value is -2.78. The van der Waals surface area contributed by atoms with Crippen LogP contribution in [0.5, 0.6) is 0 Å². The summed E-state index contributed by atoms with van der Waals surface area (Å²) in [5, 5.41) is 0. The van der Waals surface area contributed by atoms with Gasteiger partial charge in [-0.15, -0.1) is 9.78 Å². The Labute approximate surface area is 207 Å². The molecule has 0 saturated carbocycles. The van der Waals surface area contributed by atoms with E-state index < -0.39 is 18.2 Å². The highest BCUT2D eigenvalue weighted by atomic mass is 17.3. The highest BCUT2D eigenvalue weighted by Crippen LogP contribution is 2.12. The fourth-order valence-corrected chi connectivity index (χ4v) is 2.95. The SMILES string of the molecule is CCCOCCCOCCC(OOC(=O)c1ccc(CC)cc1)OOC(=O)c1ccc(CC)cc1. The Balaban J connectivity index is 1.85. The second-order valence-electron chi connectivity index (χ2n) is 7.83. The lowest BCUT2D eigenvalue weighted by Crippen LogP contribution is -2.24. The molecule has 0 spiro atoms. The first-order chi connectivity index (χ1) is 17.1. The Morgan fingerprint density at radius 1 is 0.657 bits per heavy atom. The number of ether oxygens (including phenoxy) is 2. The smallest absolute Gasteiger partial charge is 0.373 e. The Kier molecular flexibility index (Phi) is 13.6. The first kappa shape index (κ1) is 28.5. The van der Waals surface area contributed by atoms with Gasteiger partial charge in [0.25, 0.3) is 0 Å². The highest BCUT2D eigenvalue weighted by molar-refractivity contribution is 5.89. The lowest BCUT2D eigenvalue weighted by molar-refractivity contribution is -0.422. The number of aryl methyl sites for hydroxylation is 2. The van der Waals surface area contributed by atoms with Crippen molar-refractivity contribution in [2.24, 2.45) is 0 Å². The Morgan fingerprint density at radius 2 is 1.11 bits per heavy atom. The number of rotatable bonds is 17. The van der Waals surface area contributed by atoms with Gasteiger partial charge in [-0.25, -0.2) is 9.59 Å². The van der Waals surface area contributed by atoms with Crippen molar-refractivity contribution in [2.45, 2.75) is 59.2 Å². The summed E-state index contributed by atoms with van der Waals surface area (Å²) in [6.07, 6.45) is 2.44. The minimum atomic E-state index is -1.16. The average molecular weight is 489 g/mol. The Morgan fingerprint density at radius 3 is 1.54 bits per heavy atom. The van der Waals surface area contributed by atoms with Crippen molar-refractivity contribution in [1.82, 2.24) is 0 Å². The summed E-state index contributed by atoms with van der Waals surface area (Å²) in [5.74, 6) is -1.37. The van der Waals surface area contributed by atoms with Gasteiger partial charge in [-0.05, 0) is 61.1 Å². The lowest BCUT2D eigenvalue weighted by Gasteiger charge is -2.15. The summed E-state index contributed by atoms with van der Waals surface area (Å²) in [6, 6.07) is 14.0. The predicted molar refractivity (Wildman–Crippen MR) is 130 cm³/mol. The number of benzene rings is 2. The normalized spacial score (nSPS) is 11.0. The van der Waals surface area contributed by atoms with E-state index in [9.17, 15) is 9.59 Å². The zero-order valence-corrected chi connectivity index (χ0v) is 20.8. The van der Waals surface area contributed by atoms with Crippen molar-refractivity contribution in [1.29, 1.82) is 0 Å². The van der Waals surface area contributed by atoms with Gasteiger partial charge in [0.1, 0.15) is 0 Å². The Bertz CT molecular complexity index is 800. The molecule has 8 heteroatoms. The predicted octanol–water partition coefficient (Wildman–Crippen LogP) is 5.24. The maximum absolute atomic E-state index is 12.3. The minimum absolute atomic E-state index is 0.167. The quantitative estimate of drug-likeness (QED) is 0.129. The number of hydrogen-bond acceptors (Lipinski definition) is 8. The molecule has 8 nitrogen and oxygen atoms in total. The largest absolute Gasteiger partial charge is 0.381 e. The molecule has 0 amide bonds. The summed E-state index contributed by atoms with van der Waals surface area (Å²) in [6.45, 7) is 8.18. The van der Waals surface area contributed by atoms with Crippen LogP contribution >= 0.6 is 0 Å². The van der Waals surface area contributed by atoms with Crippen molar-refractivity contribution in [2.75, 3.05) is 26.4 Å². The van der Waals surface area contributed by atoms with Crippen LogP contribution in [-0.4, -0.2) is 44.7 Å². The molecule has 2 rings (SSSR count). The van der Waals surface area contributed by atoms with E-state index in [4.69, 9.17) is 29.0 Å². The van der Waals surface area contributed by atoms with E-state index in [1.165, 1.54) is 0 Å². The third-order valence-electron chi connectivity index (χ3n) is 5.08. The monoisotopic (exact) mass is 488 g/mol. The van der Waals surface area contributed by atoms with Gasteiger partial charge in [-0.2, -0.15) is 0 Å². The van der Waals surface area contributed by atoms with Crippen molar-refractivity contribution in [3.8, 4) is 0 Å². The minimum Gasteiger partial charge on any atom is -0.381 e. The van der Waals surface area contributed by atoms with Crippen LogP contribution in [0, 0.1) is 0 Å². The van der Waals surface area contributed by atoms with E-state index in [1.807, 2.05) is 38.1 Å². The van der Waals surface area contributed by atoms with E-state index >= 15 is 0 Å². The maximum atomic E-state index is 12.3. The molecule has 0 heterocycles. The van der Waals surface area contributed by atoms with Gasteiger partial charge in [0.05, 0.1) is 17.7 Å². The average Bonchev–Trinajstić information content (AvgIpc) is 2.90. The molecule has 2 aromatic rings. The standard InChI is InChI=1S/C27H36O8/c1-4-17-30-18-7-19-31-20-16-25(32-34-26(28)23-12-8-21(5-2)9-13-23)33-35-27(29)24-14-10-22(6-3)11-15-24/h8-15,25H,4-7,16-20H2,1-3H3. The van der Waals surface area contributed by atoms with Gasteiger partial charge in [0, 0.05) is 26.2 Å². The molecular formula is C27H36O8. The van der Waals surface area contributed by atoms with E-state index in [0.29, 0.717) is 24.3 Å². The molecule has 0 aliphatic carbocycles. The van der Waals surface area contributed by atoms with Crippen LogP contribution in [0.25, 0.3) is 0 Å². The molecule has 0 fully saturated rings. The number of hydrogen-bond donors (Lipinski definition) is 0. The summed E-state index contributed by atoms with van der Waals surface area (Å²) in [7, 11) is 0. The van der Waals surface area contributed by atoms with E-state index in [1.54, 1.807) is 24.3 Å². The molecule has 0 aromatic heterocycles. The van der Waals surface area contributed by atoms with Crippen LogP contribution in [0.3, 0.4) is 0 Å². The van der Waals surface area contributed by atoms with Crippen LogP contribution in [0.1, 0.15) is 71.9 Å². The van der Waals surface area contributed by atoms with Gasteiger partial charge in [-0.3, -0.25) is 9.78 Å². The first-order valence-electron chi connectivity index (χ1n) is 12.2. The van der Waals surface area contributed by atoms with Gasteiger partial charge < -0.3 is 9.47 Å². The summed E-state index contributed by atoms with van der Waals surface area (Å²) < 4.78 is 11.0. The molecule has 0 radical (unpaired) electrons. The number of carbonyl (C=O) groups excluding carboxylic acids is 2. The molecule has 2 aromatic carbocycles. The second-order valence-corrected chi connectivity index (χ2v) is 7.83. The fraction of sp³-hybridized carbons (Fsp3) is 0.481. The van der Waals surface area contributed by atoms with E-state index in [2.05, 4.69) is 6.92 Å². The van der Waals surface area contributed by atoms with Crippen LogP contribution in [0.2, 0.25) is 0 Å². The molecule has 0 N–H and O–H groups in total. The van der Waals surface area contributed by atoms with Gasteiger partial charge in [-0.1, -0.05) is 45.0 Å². The molecule has 0 bridgehead atoms. The summed E-state index contributed by atoms with van der Waals surface area (Å²) in [4.78, 5) is 44.8. The van der Waals surface area contributed by atoms with Crippen LogP contribution in [0.4, 0.5) is 0 Å². The molecule has 0 atom stereocenters. The van der Waals surface area contributed by atoms with Crippen LogP contribution in [0.15, 0.2) is 48.5 Å². The maximum Gasteiger partial charge on any atom is 0.373 e. The molecule has 0 aliphatic heterocycles. The van der Waals surface area contributed by atoms with Crippen LogP contribution < -0.4 is 0 Å². The fourth-order valence-electron chi connectivity index (χ4n) is 2.95. The second kappa shape index (κ2) is 16.8. The van der Waals surface area contributed by atoms with Gasteiger partial charge >= 0.3 is 11.9 Å². The molecule has 0 unspecified atom stereocenters. The summed E-state index contributed by atoms with van der Waals surface area (Å²) in [5.41, 5.74) is 2.86. The van der Waals surface area contributed by atoms with Crippen molar-refractivity contribution < 1.29 is 38.6 Å². The zero-order chi connectivity index (χ0) is 25.3. The third-order valence-corrected chi connectivity index (χ3v) is 5.08. The first-order valence-corrected chi connectivity index (χ1v) is 12.2. The molecular weight excluding hydrogens is 452 g/mol. The van der Waals surface area contributed by atoms with Crippen molar-refractivity contribution >= 4 is 11.9 Å². The van der Waals surface area contributed by atoms with Gasteiger partial charge in [0.15, 0.2) is 0 Å².